The van der Waals surface area contributed by atoms with Gasteiger partial charge in [0.25, 0.3) is 0 Å². The topological polar surface area (TPSA) is 35.0 Å². The van der Waals surface area contributed by atoms with Gasteiger partial charge in [-0.15, -0.1) is 5.10 Å². The van der Waals surface area contributed by atoms with Gasteiger partial charge in [0.15, 0.2) is 0 Å². The summed E-state index contributed by atoms with van der Waals surface area (Å²) >= 11 is 0. The van der Waals surface area contributed by atoms with Crippen LogP contribution in [0.4, 0.5) is 0 Å². The molecular weight excluding hydrogens is 200 g/mol. The number of nitrogens with zero attached hydrogens (tertiary/aromatic N) is 2. The molecule has 0 atom stereocenters. The lowest BCUT2D eigenvalue weighted by Crippen LogP contribution is -2.14. The van der Waals surface area contributed by atoms with Crippen LogP contribution in [0.5, 0.6) is 5.88 Å². The summed E-state index contributed by atoms with van der Waals surface area (Å²) in [6.07, 6.45) is 3.49. The standard InChI is InChI=1S/C13H22N2O/c1-5-6-7-10-16-12-9-8-11(14-15-12)13(2,3)4/h8-9H,5-7,10H2,1-4H3. The van der Waals surface area contributed by atoms with E-state index in [0.717, 1.165) is 18.7 Å². The van der Waals surface area contributed by atoms with Crippen LogP contribution in [0.15, 0.2) is 12.1 Å². The van der Waals surface area contributed by atoms with Gasteiger partial charge in [-0.25, -0.2) is 0 Å². The quantitative estimate of drug-likeness (QED) is 0.717. The van der Waals surface area contributed by atoms with Gasteiger partial charge >= 0.3 is 0 Å². The first-order valence-corrected chi connectivity index (χ1v) is 6.01. The fourth-order valence-electron chi connectivity index (χ4n) is 1.33. The van der Waals surface area contributed by atoms with Crippen molar-refractivity contribution in [3.8, 4) is 5.88 Å². The van der Waals surface area contributed by atoms with Crippen molar-refractivity contribution in [2.75, 3.05) is 6.61 Å². The maximum Gasteiger partial charge on any atom is 0.233 e. The van der Waals surface area contributed by atoms with E-state index < -0.39 is 0 Å². The Morgan fingerprint density at radius 3 is 2.38 bits per heavy atom. The van der Waals surface area contributed by atoms with Crippen molar-refractivity contribution in [1.29, 1.82) is 0 Å². The van der Waals surface area contributed by atoms with Crippen LogP contribution in [0.1, 0.15) is 52.7 Å². The van der Waals surface area contributed by atoms with Gasteiger partial charge in [-0.05, 0) is 12.5 Å². The Labute approximate surface area is 98.2 Å². The van der Waals surface area contributed by atoms with Gasteiger partial charge in [-0.2, -0.15) is 5.10 Å². The second kappa shape index (κ2) is 5.83. The van der Waals surface area contributed by atoms with Crippen molar-refractivity contribution in [2.45, 2.75) is 52.4 Å². The van der Waals surface area contributed by atoms with Crippen LogP contribution in [0, 0.1) is 0 Å². The first-order valence-electron chi connectivity index (χ1n) is 6.01. The maximum atomic E-state index is 5.50. The van der Waals surface area contributed by atoms with Crippen LogP contribution in [0.2, 0.25) is 0 Å². The predicted molar refractivity (Wildman–Crippen MR) is 65.8 cm³/mol. The molecule has 0 N–H and O–H groups in total. The van der Waals surface area contributed by atoms with Crippen LogP contribution in [-0.2, 0) is 5.41 Å². The number of ether oxygens (including phenoxy) is 1. The number of aromatic nitrogens is 2. The molecule has 1 aromatic heterocycles. The van der Waals surface area contributed by atoms with Crippen molar-refractivity contribution >= 4 is 0 Å². The third-order valence-corrected chi connectivity index (χ3v) is 2.41. The van der Waals surface area contributed by atoms with Crippen molar-refractivity contribution in [1.82, 2.24) is 10.2 Å². The fraction of sp³-hybridized carbons (Fsp3) is 0.692. The first kappa shape index (κ1) is 12.9. The lowest BCUT2D eigenvalue weighted by atomic mass is 9.92. The van der Waals surface area contributed by atoms with Gasteiger partial charge in [0.1, 0.15) is 0 Å². The Balaban J connectivity index is 2.46. The summed E-state index contributed by atoms with van der Waals surface area (Å²) in [5, 5.41) is 8.24. The SMILES string of the molecule is CCCCCOc1ccc(C(C)(C)C)nn1. The van der Waals surface area contributed by atoms with Crippen LogP contribution in [0.3, 0.4) is 0 Å². The average molecular weight is 222 g/mol. The molecule has 0 saturated carbocycles. The molecule has 0 aliphatic heterocycles. The highest BCUT2D eigenvalue weighted by atomic mass is 16.5. The Morgan fingerprint density at radius 1 is 1.12 bits per heavy atom. The van der Waals surface area contributed by atoms with E-state index in [0.29, 0.717) is 5.88 Å². The predicted octanol–water partition coefficient (Wildman–Crippen LogP) is 3.34. The zero-order chi connectivity index (χ0) is 12.0. The van der Waals surface area contributed by atoms with Gasteiger partial charge < -0.3 is 4.74 Å². The average Bonchev–Trinajstić information content (AvgIpc) is 2.24. The lowest BCUT2D eigenvalue weighted by molar-refractivity contribution is 0.290. The summed E-state index contributed by atoms with van der Waals surface area (Å²) in [5.74, 6) is 0.629. The second-order valence-corrected chi connectivity index (χ2v) is 5.06. The highest BCUT2D eigenvalue weighted by Crippen LogP contribution is 2.20. The number of hydrogen-bond donors (Lipinski definition) is 0. The largest absolute Gasteiger partial charge is 0.477 e. The summed E-state index contributed by atoms with van der Waals surface area (Å²) < 4.78 is 5.50. The summed E-state index contributed by atoms with van der Waals surface area (Å²) in [5.41, 5.74) is 1.04. The monoisotopic (exact) mass is 222 g/mol. The highest BCUT2D eigenvalue weighted by molar-refractivity contribution is 5.16. The molecule has 1 heterocycles. The van der Waals surface area contributed by atoms with Gasteiger partial charge in [0, 0.05) is 11.5 Å². The van der Waals surface area contributed by atoms with Crippen molar-refractivity contribution < 1.29 is 4.74 Å². The summed E-state index contributed by atoms with van der Waals surface area (Å²) in [6, 6.07) is 3.89. The number of rotatable bonds is 5. The summed E-state index contributed by atoms with van der Waals surface area (Å²) in [4.78, 5) is 0. The fourth-order valence-corrected chi connectivity index (χ4v) is 1.33. The minimum atomic E-state index is 0.0493. The minimum absolute atomic E-state index is 0.0493. The molecule has 90 valence electrons. The van der Waals surface area contributed by atoms with Crippen molar-refractivity contribution in [2.24, 2.45) is 0 Å². The van der Waals surface area contributed by atoms with Gasteiger partial charge in [-0.1, -0.05) is 40.5 Å². The van der Waals surface area contributed by atoms with E-state index in [1.54, 1.807) is 0 Å². The minimum Gasteiger partial charge on any atom is -0.477 e. The Hall–Kier alpha value is -1.12. The van der Waals surface area contributed by atoms with E-state index >= 15 is 0 Å². The molecule has 0 spiro atoms. The molecule has 0 amide bonds. The summed E-state index contributed by atoms with van der Waals surface area (Å²) in [6.45, 7) is 9.28. The Kier molecular flexibility index (Phi) is 4.71. The van der Waals surface area contributed by atoms with Crippen LogP contribution >= 0.6 is 0 Å². The zero-order valence-electron chi connectivity index (χ0n) is 10.8. The molecule has 0 aliphatic carbocycles. The van der Waals surface area contributed by atoms with Crippen molar-refractivity contribution in [3.05, 3.63) is 17.8 Å². The van der Waals surface area contributed by atoms with E-state index in [1.165, 1.54) is 12.8 Å². The van der Waals surface area contributed by atoms with Crippen LogP contribution < -0.4 is 4.74 Å². The molecular formula is C13H22N2O. The number of unbranched alkanes of at least 4 members (excludes halogenated alkanes) is 2. The molecule has 3 nitrogen and oxygen atoms in total. The molecule has 0 fully saturated rings. The smallest absolute Gasteiger partial charge is 0.233 e. The molecule has 0 unspecified atom stereocenters. The van der Waals surface area contributed by atoms with E-state index in [-0.39, 0.29) is 5.41 Å². The molecule has 0 radical (unpaired) electrons. The van der Waals surface area contributed by atoms with E-state index in [2.05, 4.69) is 37.9 Å². The van der Waals surface area contributed by atoms with Crippen LogP contribution in [-0.4, -0.2) is 16.8 Å². The normalized spacial score (nSPS) is 11.5. The Bertz CT molecular complexity index is 301. The van der Waals surface area contributed by atoms with Gasteiger partial charge in [0.2, 0.25) is 5.88 Å². The molecule has 1 aromatic rings. The molecule has 0 aliphatic rings. The summed E-state index contributed by atoms with van der Waals surface area (Å²) in [7, 11) is 0. The van der Waals surface area contributed by atoms with Gasteiger partial charge in [-0.3, -0.25) is 0 Å². The first-order chi connectivity index (χ1) is 7.54. The molecule has 0 aromatic carbocycles. The highest BCUT2D eigenvalue weighted by Gasteiger charge is 2.15. The van der Waals surface area contributed by atoms with Gasteiger partial charge in [0.05, 0.1) is 12.3 Å². The molecule has 0 bridgehead atoms. The second-order valence-electron chi connectivity index (χ2n) is 5.06. The van der Waals surface area contributed by atoms with E-state index in [4.69, 9.17) is 4.74 Å². The molecule has 16 heavy (non-hydrogen) atoms. The third-order valence-electron chi connectivity index (χ3n) is 2.41. The Morgan fingerprint density at radius 2 is 1.88 bits per heavy atom. The third kappa shape index (κ3) is 4.17. The van der Waals surface area contributed by atoms with Crippen LogP contribution in [0.25, 0.3) is 0 Å². The van der Waals surface area contributed by atoms with Crippen molar-refractivity contribution in [3.63, 3.8) is 0 Å². The zero-order valence-corrected chi connectivity index (χ0v) is 10.8. The molecule has 3 heteroatoms. The van der Waals surface area contributed by atoms with E-state index in [1.807, 2.05) is 12.1 Å². The maximum absolute atomic E-state index is 5.50. The lowest BCUT2D eigenvalue weighted by Gasteiger charge is -2.16. The molecule has 0 saturated heterocycles. The molecule has 1 rings (SSSR count). The van der Waals surface area contributed by atoms with E-state index in [9.17, 15) is 0 Å². The number of hydrogen-bond acceptors (Lipinski definition) is 3.